The molecule has 0 bridgehead atoms. The van der Waals surface area contributed by atoms with Crippen LogP contribution in [0.3, 0.4) is 0 Å². The smallest absolute Gasteiger partial charge is 0.431 e. The summed E-state index contributed by atoms with van der Waals surface area (Å²) in [5, 5.41) is 0. The van der Waals surface area contributed by atoms with E-state index >= 15 is 0 Å². The Kier molecular flexibility index (Phi) is 4.06. The molecule has 0 spiro atoms. The summed E-state index contributed by atoms with van der Waals surface area (Å²) in [5.74, 6) is 0. The molecule has 1 aliphatic rings. The van der Waals surface area contributed by atoms with Crippen molar-refractivity contribution in [1.29, 1.82) is 0 Å². The lowest BCUT2D eigenvalue weighted by molar-refractivity contribution is 0.0164. The van der Waals surface area contributed by atoms with Crippen molar-refractivity contribution >= 4 is 6.16 Å². The van der Waals surface area contributed by atoms with E-state index in [9.17, 15) is 4.79 Å². The third-order valence-electron chi connectivity index (χ3n) is 2.10. The molecule has 1 aliphatic carbocycles. The fourth-order valence-electron chi connectivity index (χ4n) is 1.51. The predicted octanol–water partition coefficient (Wildman–Crippen LogP) is 3.04. The van der Waals surface area contributed by atoms with Gasteiger partial charge in [-0.1, -0.05) is 6.42 Å². The second-order valence-corrected chi connectivity index (χ2v) is 3.64. The van der Waals surface area contributed by atoms with Gasteiger partial charge in [0.1, 0.15) is 12.2 Å². The molecule has 0 aliphatic heterocycles. The molecule has 1 rings (SSSR count). The molecular formula is C10H17O3. The second-order valence-electron chi connectivity index (χ2n) is 3.64. The van der Waals surface area contributed by atoms with Crippen LogP contribution in [-0.4, -0.2) is 12.3 Å². The molecule has 3 heteroatoms. The summed E-state index contributed by atoms with van der Waals surface area (Å²) in [6, 6.07) is 0. The van der Waals surface area contributed by atoms with Crippen LogP contribution in [0.25, 0.3) is 0 Å². The summed E-state index contributed by atoms with van der Waals surface area (Å²) in [7, 11) is 0. The first-order valence-electron chi connectivity index (χ1n) is 4.87. The Morgan fingerprint density at radius 2 is 1.77 bits per heavy atom. The third-order valence-corrected chi connectivity index (χ3v) is 2.10. The predicted molar refractivity (Wildman–Crippen MR) is 49.0 cm³/mol. The van der Waals surface area contributed by atoms with Crippen LogP contribution in [0.4, 0.5) is 4.79 Å². The van der Waals surface area contributed by atoms with Crippen LogP contribution in [0.1, 0.15) is 46.0 Å². The third kappa shape index (κ3) is 4.15. The fraction of sp³-hybridized carbons (Fsp3) is 0.800. The molecule has 1 radical (unpaired) electrons. The average Bonchev–Trinajstić information content (AvgIpc) is 2.04. The maximum Gasteiger partial charge on any atom is 0.509 e. The van der Waals surface area contributed by atoms with Crippen molar-refractivity contribution in [3.63, 3.8) is 0 Å². The lowest BCUT2D eigenvalue weighted by Crippen LogP contribution is -2.21. The van der Waals surface area contributed by atoms with E-state index in [-0.39, 0.29) is 6.10 Å². The van der Waals surface area contributed by atoms with Gasteiger partial charge in [-0.05, 0) is 39.5 Å². The number of ether oxygens (including phenoxy) is 2. The van der Waals surface area contributed by atoms with Gasteiger partial charge < -0.3 is 9.47 Å². The van der Waals surface area contributed by atoms with Crippen LogP contribution >= 0.6 is 0 Å². The topological polar surface area (TPSA) is 35.5 Å². The second kappa shape index (κ2) is 5.10. The molecule has 0 unspecified atom stereocenters. The number of hydrogen-bond donors (Lipinski definition) is 0. The first kappa shape index (κ1) is 10.4. The van der Waals surface area contributed by atoms with Gasteiger partial charge in [0.15, 0.2) is 0 Å². The summed E-state index contributed by atoms with van der Waals surface area (Å²) < 4.78 is 9.93. The highest BCUT2D eigenvalue weighted by Crippen LogP contribution is 2.21. The summed E-state index contributed by atoms with van der Waals surface area (Å²) in [6.07, 6.45) is 5.71. The lowest BCUT2D eigenvalue weighted by Gasteiger charge is -2.21. The minimum atomic E-state index is -0.549. The quantitative estimate of drug-likeness (QED) is 0.620. The van der Waals surface area contributed by atoms with E-state index in [1.54, 1.807) is 13.8 Å². The van der Waals surface area contributed by atoms with Crippen LogP contribution in [0.15, 0.2) is 0 Å². The van der Waals surface area contributed by atoms with Gasteiger partial charge in [-0.3, -0.25) is 0 Å². The van der Waals surface area contributed by atoms with Gasteiger partial charge in [0.25, 0.3) is 0 Å². The van der Waals surface area contributed by atoms with Gasteiger partial charge >= 0.3 is 6.16 Å². The zero-order valence-corrected chi connectivity index (χ0v) is 8.34. The molecule has 0 N–H and O–H groups in total. The van der Waals surface area contributed by atoms with Gasteiger partial charge in [-0.2, -0.15) is 0 Å². The summed E-state index contributed by atoms with van der Waals surface area (Å²) in [6.45, 7) is 3.48. The molecule has 0 heterocycles. The van der Waals surface area contributed by atoms with Crippen molar-refractivity contribution in [2.75, 3.05) is 0 Å². The van der Waals surface area contributed by atoms with Crippen LogP contribution in [0.5, 0.6) is 0 Å². The van der Waals surface area contributed by atoms with Gasteiger partial charge in [-0.25, -0.2) is 4.79 Å². The SMILES string of the molecule is C[C](C)OC(=O)OC1CCCCC1. The van der Waals surface area contributed by atoms with E-state index in [1.165, 1.54) is 6.42 Å². The lowest BCUT2D eigenvalue weighted by atomic mass is 9.98. The number of rotatable bonds is 2. The summed E-state index contributed by atoms with van der Waals surface area (Å²) in [5.41, 5.74) is 0. The molecule has 1 fully saturated rings. The molecule has 1 saturated carbocycles. The standard InChI is InChI=1S/C10H17O3/c1-8(2)12-10(11)13-9-6-4-3-5-7-9/h9H,3-7H2,1-2H3. The number of carbonyl (C=O) groups is 1. The molecule has 0 saturated heterocycles. The Hall–Kier alpha value is -0.730. The van der Waals surface area contributed by atoms with E-state index in [1.807, 2.05) is 0 Å². The Bertz CT molecular complexity index is 160. The number of hydrogen-bond acceptors (Lipinski definition) is 3. The molecule has 0 atom stereocenters. The minimum absolute atomic E-state index is 0.0839. The molecular weight excluding hydrogens is 168 g/mol. The van der Waals surface area contributed by atoms with E-state index in [0.717, 1.165) is 25.7 Å². The minimum Gasteiger partial charge on any atom is -0.431 e. The monoisotopic (exact) mass is 185 g/mol. The average molecular weight is 185 g/mol. The highest BCUT2D eigenvalue weighted by molar-refractivity contribution is 5.61. The summed E-state index contributed by atoms with van der Waals surface area (Å²) >= 11 is 0. The first-order chi connectivity index (χ1) is 6.18. The van der Waals surface area contributed by atoms with Crippen molar-refractivity contribution in [3.05, 3.63) is 6.10 Å². The van der Waals surface area contributed by atoms with Gasteiger partial charge in [0.2, 0.25) is 0 Å². The van der Waals surface area contributed by atoms with Gasteiger partial charge in [-0.15, -0.1) is 0 Å². The van der Waals surface area contributed by atoms with Crippen LogP contribution in [0, 0.1) is 6.10 Å². The van der Waals surface area contributed by atoms with Crippen molar-refractivity contribution in [1.82, 2.24) is 0 Å². The van der Waals surface area contributed by atoms with Crippen molar-refractivity contribution < 1.29 is 14.3 Å². The zero-order chi connectivity index (χ0) is 9.68. The number of carbonyl (C=O) groups excluding carboxylic acids is 1. The van der Waals surface area contributed by atoms with Crippen LogP contribution < -0.4 is 0 Å². The Balaban J connectivity index is 2.18. The Morgan fingerprint density at radius 1 is 1.15 bits per heavy atom. The Labute approximate surface area is 79.4 Å². The van der Waals surface area contributed by atoms with E-state index < -0.39 is 6.16 Å². The molecule has 3 nitrogen and oxygen atoms in total. The molecule has 0 aromatic rings. The van der Waals surface area contributed by atoms with Gasteiger partial charge in [0, 0.05) is 0 Å². The summed E-state index contributed by atoms with van der Waals surface area (Å²) in [4.78, 5) is 11.1. The molecule has 0 amide bonds. The van der Waals surface area contributed by atoms with Gasteiger partial charge in [0.05, 0.1) is 0 Å². The van der Waals surface area contributed by atoms with E-state index in [4.69, 9.17) is 9.47 Å². The van der Waals surface area contributed by atoms with Crippen molar-refractivity contribution in [3.8, 4) is 0 Å². The first-order valence-corrected chi connectivity index (χ1v) is 4.87. The van der Waals surface area contributed by atoms with Crippen LogP contribution in [0.2, 0.25) is 0 Å². The normalized spacial score (nSPS) is 18.7. The van der Waals surface area contributed by atoms with Crippen LogP contribution in [-0.2, 0) is 9.47 Å². The zero-order valence-electron chi connectivity index (χ0n) is 8.34. The molecule has 0 aromatic carbocycles. The van der Waals surface area contributed by atoms with Crippen molar-refractivity contribution in [2.45, 2.75) is 52.1 Å². The maximum atomic E-state index is 11.1. The van der Waals surface area contributed by atoms with E-state index in [2.05, 4.69) is 0 Å². The maximum absolute atomic E-state index is 11.1. The van der Waals surface area contributed by atoms with Crippen molar-refractivity contribution in [2.24, 2.45) is 0 Å². The van der Waals surface area contributed by atoms with E-state index in [0.29, 0.717) is 6.10 Å². The molecule has 0 aromatic heterocycles. The fourth-order valence-corrected chi connectivity index (χ4v) is 1.51. The highest BCUT2D eigenvalue weighted by Gasteiger charge is 2.18. The largest absolute Gasteiger partial charge is 0.509 e. The highest BCUT2D eigenvalue weighted by atomic mass is 16.7. The molecule has 75 valence electrons. The molecule has 13 heavy (non-hydrogen) atoms. The Morgan fingerprint density at radius 3 is 2.31 bits per heavy atom.